The Labute approximate surface area is 201 Å². The Morgan fingerprint density at radius 1 is 1.15 bits per heavy atom. The van der Waals surface area contributed by atoms with Gasteiger partial charge in [0.1, 0.15) is 10.7 Å². The number of imidazole rings is 1. The molecule has 1 aliphatic heterocycles. The van der Waals surface area contributed by atoms with E-state index in [0.29, 0.717) is 13.0 Å². The maximum atomic E-state index is 13.3. The molecular formula is C26H26N6OS. The van der Waals surface area contributed by atoms with Crippen LogP contribution in [0.15, 0.2) is 60.2 Å². The van der Waals surface area contributed by atoms with Gasteiger partial charge in [0, 0.05) is 49.8 Å². The molecule has 1 saturated heterocycles. The molecule has 6 rings (SSSR count). The van der Waals surface area contributed by atoms with Crippen molar-refractivity contribution in [2.75, 3.05) is 24.5 Å². The predicted molar refractivity (Wildman–Crippen MR) is 137 cm³/mol. The van der Waals surface area contributed by atoms with Crippen LogP contribution in [0.4, 0.5) is 5.00 Å². The number of amides is 1. The van der Waals surface area contributed by atoms with Crippen LogP contribution in [0.1, 0.15) is 12.5 Å². The minimum absolute atomic E-state index is 0.113. The third-order valence-electron chi connectivity index (χ3n) is 6.72. The van der Waals surface area contributed by atoms with Gasteiger partial charge in [-0.05, 0) is 30.7 Å². The van der Waals surface area contributed by atoms with Gasteiger partial charge in [0.2, 0.25) is 5.91 Å². The molecule has 0 bridgehead atoms. The summed E-state index contributed by atoms with van der Waals surface area (Å²) in [7, 11) is 2.03. The highest BCUT2D eigenvalue weighted by Crippen LogP contribution is 2.34. The largest absolute Gasteiger partial charge is 0.358 e. The minimum Gasteiger partial charge on any atom is -0.358 e. The zero-order chi connectivity index (χ0) is 23.2. The highest BCUT2D eigenvalue weighted by atomic mass is 32.1. The molecular weight excluding hydrogens is 444 g/mol. The molecule has 0 spiro atoms. The monoisotopic (exact) mass is 470 g/mol. The number of nitrogens with one attached hydrogen (secondary N) is 1. The topological polar surface area (TPSA) is 70.1 Å². The van der Waals surface area contributed by atoms with Gasteiger partial charge in [0.25, 0.3) is 0 Å². The highest BCUT2D eigenvalue weighted by molar-refractivity contribution is 7.14. The molecule has 1 amide bonds. The Morgan fingerprint density at radius 2 is 1.97 bits per heavy atom. The average molecular weight is 471 g/mol. The van der Waals surface area contributed by atoms with Crippen molar-refractivity contribution < 1.29 is 4.79 Å². The summed E-state index contributed by atoms with van der Waals surface area (Å²) in [6, 6.07) is 16.4. The molecule has 5 aromatic rings. The van der Waals surface area contributed by atoms with Gasteiger partial charge in [-0.3, -0.25) is 4.79 Å². The van der Waals surface area contributed by atoms with Gasteiger partial charge in [0.05, 0.1) is 23.0 Å². The van der Waals surface area contributed by atoms with Gasteiger partial charge < -0.3 is 19.4 Å². The standard InChI is InChI=1S/C26H26N6OS/c1-17-14-31(26-24(27-16-34-26)25-28-20-8-4-5-9-21(20)29-25)11-12-32(17)23(33)13-18-15-30(2)22-10-6-3-7-19(18)22/h3-10,15-17H,11-14H2,1-2H3,(H,28,29). The second-order valence-electron chi connectivity index (χ2n) is 8.95. The summed E-state index contributed by atoms with van der Waals surface area (Å²) < 4.78 is 2.10. The molecule has 172 valence electrons. The summed E-state index contributed by atoms with van der Waals surface area (Å²) in [5.74, 6) is 0.977. The zero-order valence-corrected chi connectivity index (χ0v) is 20.0. The first-order chi connectivity index (χ1) is 16.6. The minimum atomic E-state index is 0.113. The molecule has 0 aliphatic carbocycles. The lowest BCUT2D eigenvalue weighted by atomic mass is 10.1. The molecule has 1 unspecified atom stereocenters. The summed E-state index contributed by atoms with van der Waals surface area (Å²) in [6.07, 6.45) is 2.51. The van der Waals surface area contributed by atoms with Crippen molar-refractivity contribution in [3.05, 3.63) is 65.8 Å². The fraction of sp³-hybridized carbons (Fsp3) is 0.269. The number of aromatic nitrogens is 4. The zero-order valence-electron chi connectivity index (χ0n) is 19.2. The number of hydrogen-bond acceptors (Lipinski definition) is 5. The van der Waals surface area contributed by atoms with Crippen LogP contribution in [0.3, 0.4) is 0 Å². The number of nitrogens with zero attached hydrogens (tertiary/aromatic N) is 5. The molecule has 8 heteroatoms. The van der Waals surface area contributed by atoms with E-state index in [9.17, 15) is 4.79 Å². The van der Waals surface area contributed by atoms with E-state index in [1.807, 2.05) is 53.9 Å². The second kappa shape index (κ2) is 8.29. The van der Waals surface area contributed by atoms with Crippen LogP contribution in [0.2, 0.25) is 0 Å². The number of hydrogen-bond donors (Lipinski definition) is 1. The number of carbonyl (C=O) groups is 1. The molecule has 3 aromatic heterocycles. The van der Waals surface area contributed by atoms with Crippen molar-refractivity contribution in [1.82, 2.24) is 24.4 Å². The van der Waals surface area contributed by atoms with Crippen LogP contribution in [0, 0.1) is 0 Å². The Morgan fingerprint density at radius 3 is 2.82 bits per heavy atom. The van der Waals surface area contributed by atoms with Crippen molar-refractivity contribution in [2.45, 2.75) is 19.4 Å². The summed E-state index contributed by atoms with van der Waals surface area (Å²) in [6.45, 7) is 4.38. The van der Waals surface area contributed by atoms with Gasteiger partial charge in [-0.2, -0.15) is 0 Å². The van der Waals surface area contributed by atoms with Crippen molar-refractivity contribution in [3.63, 3.8) is 0 Å². The number of aromatic amines is 1. The number of para-hydroxylation sites is 3. The molecule has 34 heavy (non-hydrogen) atoms. The van der Waals surface area contributed by atoms with Crippen LogP contribution >= 0.6 is 11.3 Å². The molecule has 1 N–H and O–H groups in total. The number of anilines is 1. The van der Waals surface area contributed by atoms with E-state index in [-0.39, 0.29) is 11.9 Å². The van der Waals surface area contributed by atoms with E-state index in [4.69, 9.17) is 4.98 Å². The van der Waals surface area contributed by atoms with E-state index >= 15 is 0 Å². The van der Waals surface area contributed by atoms with E-state index in [1.54, 1.807) is 11.3 Å². The van der Waals surface area contributed by atoms with Crippen molar-refractivity contribution in [1.29, 1.82) is 0 Å². The lowest BCUT2D eigenvalue weighted by Gasteiger charge is -2.40. The van der Waals surface area contributed by atoms with Crippen molar-refractivity contribution in [3.8, 4) is 11.5 Å². The first-order valence-corrected chi connectivity index (χ1v) is 12.4. The number of aryl methyl sites for hydroxylation is 1. The van der Waals surface area contributed by atoms with Crippen molar-refractivity contribution >= 4 is 44.2 Å². The second-order valence-corrected chi connectivity index (χ2v) is 9.78. The van der Waals surface area contributed by atoms with E-state index in [1.165, 1.54) is 0 Å². The number of piperazine rings is 1. The van der Waals surface area contributed by atoms with E-state index < -0.39 is 0 Å². The van der Waals surface area contributed by atoms with Crippen LogP contribution in [0.5, 0.6) is 0 Å². The van der Waals surface area contributed by atoms with Crippen LogP contribution in [0.25, 0.3) is 33.5 Å². The fourth-order valence-electron chi connectivity index (χ4n) is 5.04. The Bertz CT molecular complexity index is 1460. The fourth-order valence-corrected chi connectivity index (χ4v) is 5.87. The number of benzene rings is 2. The lowest BCUT2D eigenvalue weighted by molar-refractivity contribution is -0.132. The third-order valence-corrected chi connectivity index (χ3v) is 7.60. The molecule has 0 saturated carbocycles. The van der Waals surface area contributed by atoms with Gasteiger partial charge in [0.15, 0.2) is 5.82 Å². The number of thiazole rings is 1. The Balaban J connectivity index is 1.19. The van der Waals surface area contributed by atoms with Crippen molar-refractivity contribution in [2.24, 2.45) is 7.05 Å². The molecule has 1 fully saturated rings. The maximum Gasteiger partial charge on any atom is 0.227 e. The van der Waals surface area contributed by atoms with Gasteiger partial charge in [-0.15, -0.1) is 11.3 Å². The summed E-state index contributed by atoms with van der Waals surface area (Å²) in [4.78, 5) is 30.4. The van der Waals surface area contributed by atoms with Crippen LogP contribution < -0.4 is 4.90 Å². The smallest absolute Gasteiger partial charge is 0.227 e. The Kier molecular flexibility index (Phi) is 5.10. The number of fused-ring (bicyclic) bond motifs is 2. The predicted octanol–water partition coefficient (Wildman–Crippen LogP) is 4.46. The third kappa shape index (κ3) is 3.54. The molecule has 1 aliphatic rings. The Hall–Kier alpha value is -3.65. The highest BCUT2D eigenvalue weighted by Gasteiger charge is 2.30. The van der Waals surface area contributed by atoms with E-state index in [2.05, 4.69) is 44.7 Å². The summed E-state index contributed by atoms with van der Waals surface area (Å²) in [5, 5.41) is 2.26. The number of rotatable bonds is 4. The van der Waals surface area contributed by atoms with Gasteiger partial charge >= 0.3 is 0 Å². The molecule has 0 radical (unpaired) electrons. The molecule has 2 aromatic carbocycles. The first-order valence-electron chi connectivity index (χ1n) is 11.5. The first kappa shape index (κ1) is 20.9. The summed E-state index contributed by atoms with van der Waals surface area (Å²) in [5.41, 5.74) is 6.95. The lowest BCUT2D eigenvalue weighted by Crippen LogP contribution is -2.54. The maximum absolute atomic E-state index is 13.3. The van der Waals surface area contributed by atoms with Crippen LogP contribution in [-0.2, 0) is 18.3 Å². The van der Waals surface area contributed by atoms with Gasteiger partial charge in [-0.25, -0.2) is 9.97 Å². The molecule has 4 heterocycles. The average Bonchev–Trinajstić information content (AvgIpc) is 3.56. The number of carbonyl (C=O) groups excluding carboxylic acids is 1. The van der Waals surface area contributed by atoms with Crippen LogP contribution in [-0.4, -0.2) is 56.0 Å². The van der Waals surface area contributed by atoms with E-state index in [0.717, 1.165) is 57.1 Å². The SMILES string of the molecule is CC1CN(c2scnc2-c2nc3ccccc3[nH]2)CCN1C(=O)Cc1cn(C)c2ccccc12. The molecule has 1 atom stereocenters. The summed E-state index contributed by atoms with van der Waals surface area (Å²) >= 11 is 1.63. The molecule has 7 nitrogen and oxygen atoms in total. The van der Waals surface area contributed by atoms with Gasteiger partial charge in [-0.1, -0.05) is 30.3 Å². The normalized spacial score (nSPS) is 16.6. The quantitative estimate of drug-likeness (QED) is 0.421. The number of H-pyrrole nitrogens is 1.